The monoisotopic (exact) mass is 338 g/mol. The third-order valence-corrected chi connectivity index (χ3v) is 5.44. The van der Waals surface area contributed by atoms with Crippen molar-refractivity contribution in [1.82, 2.24) is 4.98 Å². The molecule has 2 rings (SSSR count). The number of rotatable bonds is 7. The van der Waals surface area contributed by atoms with Crippen molar-refractivity contribution < 1.29 is 14.6 Å². The predicted molar refractivity (Wildman–Crippen MR) is 94.0 cm³/mol. The van der Waals surface area contributed by atoms with Crippen molar-refractivity contribution in [2.45, 2.75) is 37.2 Å². The van der Waals surface area contributed by atoms with Gasteiger partial charge >= 0.3 is 0 Å². The summed E-state index contributed by atoms with van der Waals surface area (Å²) in [5.74, 6) is 0.505. The molecule has 23 heavy (non-hydrogen) atoms. The highest BCUT2D eigenvalue weighted by Crippen LogP contribution is 2.43. The zero-order valence-corrected chi connectivity index (χ0v) is 14.7. The number of aliphatic hydroxyl groups excluding tert-OH is 1. The number of aliphatic imine (C=N–C) groups is 1. The maximum atomic E-state index is 10.8. The molecule has 0 aliphatic heterocycles. The first-order valence-electron chi connectivity index (χ1n) is 8.01. The predicted octanol–water partition coefficient (Wildman–Crippen LogP) is 2.64. The highest BCUT2D eigenvalue weighted by molar-refractivity contribution is 8.14. The summed E-state index contributed by atoms with van der Waals surface area (Å²) in [6, 6.07) is 3.96. The third-order valence-electron chi connectivity index (χ3n) is 4.34. The first-order valence-corrected chi connectivity index (χ1v) is 8.99. The zero-order valence-electron chi connectivity index (χ0n) is 13.9. The number of pyridine rings is 1. The Morgan fingerprint density at radius 3 is 3.00 bits per heavy atom. The van der Waals surface area contributed by atoms with Gasteiger partial charge in [-0.2, -0.15) is 0 Å². The smallest absolute Gasteiger partial charge is 0.0980 e. The van der Waals surface area contributed by atoms with Gasteiger partial charge in [0.2, 0.25) is 0 Å². The number of hydrogen-bond acceptors (Lipinski definition) is 6. The van der Waals surface area contributed by atoms with Gasteiger partial charge in [0, 0.05) is 26.6 Å². The van der Waals surface area contributed by atoms with E-state index >= 15 is 0 Å². The van der Waals surface area contributed by atoms with Gasteiger partial charge in [0.1, 0.15) is 0 Å². The molecule has 5 nitrogen and oxygen atoms in total. The first-order chi connectivity index (χ1) is 11.3. The minimum atomic E-state index is -0.462. The van der Waals surface area contributed by atoms with Crippen LogP contribution in [0.5, 0.6) is 0 Å². The molecule has 0 saturated heterocycles. The minimum absolute atomic E-state index is 0.439. The minimum Gasteiger partial charge on any atom is -0.392 e. The Kier molecular flexibility index (Phi) is 7.49. The van der Waals surface area contributed by atoms with Crippen molar-refractivity contribution >= 4 is 16.8 Å². The molecule has 1 heterocycles. The van der Waals surface area contributed by atoms with Crippen LogP contribution < -0.4 is 0 Å². The summed E-state index contributed by atoms with van der Waals surface area (Å²) in [6.45, 7) is 1.14. The summed E-state index contributed by atoms with van der Waals surface area (Å²) in [6.07, 6.45) is 6.98. The topological polar surface area (TPSA) is 63.9 Å². The van der Waals surface area contributed by atoms with E-state index in [4.69, 9.17) is 9.47 Å². The van der Waals surface area contributed by atoms with E-state index < -0.39 is 11.5 Å². The molecule has 0 spiro atoms. The molecule has 1 aromatic heterocycles. The summed E-state index contributed by atoms with van der Waals surface area (Å²) in [4.78, 5) is 8.76. The lowest BCUT2D eigenvalue weighted by Gasteiger charge is -2.42. The van der Waals surface area contributed by atoms with E-state index in [1.54, 1.807) is 32.1 Å². The van der Waals surface area contributed by atoms with Gasteiger partial charge in [-0.3, -0.25) is 9.98 Å². The van der Waals surface area contributed by atoms with Crippen molar-refractivity contribution in [3.05, 3.63) is 30.1 Å². The fraction of sp³-hybridized carbons (Fsp3) is 0.647. The van der Waals surface area contributed by atoms with Crippen LogP contribution in [0.3, 0.4) is 0 Å². The van der Waals surface area contributed by atoms with Crippen LogP contribution in [0.1, 0.15) is 31.2 Å². The van der Waals surface area contributed by atoms with Crippen LogP contribution in [0.25, 0.3) is 0 Å². The van der Waals surface area contributed by atoms with Crippen LogP contribution in [-0.2, 0) is 14.9 Å². The van der Waals surface area contributed by atoms with E-state index in [0.29, 0.717) is 19.2 Å². The summed E-state index contributed by atoms with van der Waals surface area (Å²) < 4.78 is 10.6. The summed E-state index contributed by atoms with van der Waals surface area (Å²) >= 11 is 1.56. The van der Waals surface area contributed by atoms with Crippen LogP contribution in [0, 0.1) is 0 Å². The number of methoxy groups -OCH3 is 1. The number of aliphatic hydroxyl groups is 1. The second-order valence-electron chi connectivity index (χ2n) is 5.67. The van der Waals surface area contributed by atoms with Crippen molar-refractivity contribution in [2.75, 3.05) is 33.3 Å². The first kappa shape index (κ1) is 18.4. The van der Waals surface area contributed by atoms with Crippen LogP contribution >= 0.6 is 11.8 Å². The molecule has 1 N–H and O–H groups in total. The van der Waals surface area contributed by atoms with Gasteiger partial charge in [0.05, 0.1) is 35.7 Å². The molecule has 1 aliphatic rings. The van der Waals surface area contributed by atoms with Crippen LogP contribution in [0.15, 0.2) is 29.5 Å². The van der Waals surface area contributed by atoms with Gasteiger partial charge in [-0.25, -0.2) is 0 Å². The van der Waals surface area contributed by atoms with Gasteiger partial charge in [0.25, 0.3) is 0 Å². The molecule has 1 aromatic rings. The Balaban J connectivity index is 2.19. The van der Waals surface area contributed by atoms with E-state index in [1.807, 2.05) is 18.3 Å². The van der Waals surface area contributed by atoms with E-state index in [-0.39, 0.29) is 0 Å². The zero-order chi connectivity index (χ0) is 16.5. The van der Waals surface area contributed by atoms with Crippen LogP contribution in [-0.4, -0.2) is 54.5 Å². The quantitative estimate of drug-likeness (QED) is 0.358. The standard InChI is InChI=1S/C17H26N2O3S/c1-18-16(23-13-22-11-10-21-2)17(8-4-3-7-15(17)20)14-6-5-9-19-12-14/h5-6,9,12,15,20H,3-4,7-8,10-11,13H2,1-2H3/t15-,17-/m1/s1. The highest BCUT2D eigenvalue weighted by atomic mass is 32.2. The highest BCUT2D eigenvalue weighted by Gasteiger charge is 2.46. The molecule has 0 aromatic carbocycles. The molecule has 0 amide bonds. The van der Waals surface area contributed by atoms with E-state index in [0.717, 1.165) is 36.3 Å². The summed E-state index contributed by atoms with van der Waals surface area (Å²) in [5.41, 5.74) is 0.577. The Bertz CT molecular complexity index is 498. The molecule has 128 valence electrons. The summed E-state index contributed by atoms with van der Waals surface area (Å²) in [7, 11) is 3.45. The molecule has 2 atom stereocenters. The second kappa shape index (κ2) is 9.37. The van der Waals surface area contributed by atoms with Gasteiger partial charge in [-0.1, -0.05) is 30.7 Å². The molecule has 0 unspecified atom stereocenters. The fourth-order valence-electron chi connectivity index (χ4n) is 3.18. The number of nitrogens with zero attached hydrogens (tertiary/aromatic N) is 2. The Morgan fingerprint density at radius 2 is 2.35 bits per heavy atom. The number of aromatic nitrogens is 1. The van der Waals surface area contributed by atoms with Crippen molar-refractivity contribution in [2.24, 2.45) is 4.99 Å². The van der Waals surface area contributed by atoms with Crippen molar-refractivity contribution in [3.63, 3.8) is 0 Å². The average Bonchev–Trinajstić information content (AvgIpc) is 2.60. The normalized spacial score (nSPS) is 25.5. The largest absolute Gasteiger partial charge is 0.392 e. The third kappa shape index (κ3) is 4.32. The lowest BCUT2D eigenvalue weighted by molar-refractivity contribution is 0.0789. The Hall–Kier alpha value is -0.950. The Labute approximate surface area is 142 Å². The number of ether oxygens (including phenoxy) is 2. The van der Waals surface area contributed by atoms with Crippen molar-refractivity contribution in [1.29, 1.82) is 0 Å². The second-order valence-corrected chi connectivity index (χ2v) is 6.58. The maximum absolute atomic E-state index is 10.8. The average molecular weight is 338 g/mol. The molecular formula is C17H26N2O3S. The molecular weight excluding hydrogens is 312 g/mol. The molecule has 1 saturated carbocycles. The molecule has 1 aliphatic carbocycles. The Morgan fingerprint density at radius 1 is 1.48 bits per heavy atom. The maximum Gasteiger partial charge on any atom is 0.0980 e. The van der Waals surface area contributed by atoms with Crippen LogP contribution in [0.4, 0.5) is 0 Å². The van der Waals surface area contributed by atoms with Crippen LogP contribution in [0.2, 0.25) is 0 Å². The van der Waals surface area contributed by atoms with Gasteiger partial charge in [-0.15, -0.1) is 0 Å². The lowest BCUT2D eigenvalue weighted by Crippen LogP contribution is -2.48. The van der Waals surface area contributed by atoms with E-state index in [1.165, 1.54) is 0 Å². The lowest BCUT2D eigenvalue weighted by atomic mass is 9.68. The molecule has 6 heteroatoms. The van der Waals surface area contributed by atoms with E-state index in [9.17, 15) is 5.11 Å². The van der Waals surface area contributed by atoms with Gasteiger partial charge in [-0.05, 0) is 24.5 Å². The number of hydrogen-bond donors (Lipinski definition) is 1. The van der Waals surface area contributed by atoms with Gasteiger partial charge in [0.15, 0.2) is 0 Å². The fourth-order valence-corrected chi connectivity index (χ4v) is 4.24. The van der Waals surface area contributed by atoms with Gasteiger partial charge < -0.3 is 14.6 Å². The number of thioether (sulfide) groups is 1. The van der Waals surface area contributed by atoms with Crippen molar-refractivity contribution in [3.8, 4) is 0 Å². The summed E-state index contributed by atoms with van der Waals surface area (Å²) in [5, 5.41) is 11.8. The van der Waals surface area contributed by atoms with E-state index in [2.05, 4.69) is 9.98 Å². The molecule has 0 bridgehead atoms. The molecule has 0 radical (unpaired) electrons. The SMILES string of the molecule is CN=C(SCOCCOC)[C@@]1(c2cccnc2)CCCC[C@H]1O. The molecule has 1 fully saturated rings.